The van der Waals surface area contributed by atoms with E-state index in [1.54, 1.807) is 6.33 Å². The van der Waals surface area contributed by atoms with Crippen LogP contribution in [0.4, 0.5) is 0 Å². The maximum Gasteiger partial charge on any atom is 0.160 e. The lowest BCUT2D eigenvalue weighted by molar-refractivity contribution is -0.108. The smallest absolute Gasteiger partial charge is 0.160 e. The summed E-state index contributed by atoms with van der Waals surface area (Å²) in [6, 6.07) is 9.42. The third-order valence-corrected chi connectivity index (χ3v) is 4.25. The number of aryl methyl sites for hydroxylation is 1. The topological polar surface area (TPSA) is 67.5 Å². The molecule has 0 spiro atoms. The van der Waals surface area contributed by atoms with Gasteiger partial charge in [-0.25, -0.2) is 4.98 Å². The van der Waals surface area contributed by atoms with Crippen molar-refractivity contribution in [3.8, 4) is 0 Å². The molecule has 2 N–H and O–H groups in total. The summed E-state index contributed by atoms with van der Waals surface area (Å²) >= 11 is 0. The third kappa shape index (κ3) is 2.85. The molecule has 1 aromatic carbocycles. The summed E-state index contributed by atoms with van der Waals surface area (Å²) in [5.41, 5.74) is 1.88. The van der Waals surface area contributed by atoms with E-state index in [4.69, 9.17) is 4.74 Å². The van der Waals surface area contributed by atoms with Crippen LogP contribution in [0.5, 0.6) is 0 Å². The maximum absolute atomic E-state index is 10.6. The van der Waals surface area contributed by atoms with Crippen LogP contribution in [0.1, 0.15) is 17.4 Å². The van der Waals surface area contributed by atoms with Gasteiger partial charge in [-0.1, -0.05) is 30.3 Å². The summed E-state index contributed by atoms with van der Waals surface area (Å²) in [6.07, 6.45) is 2.63. The van der Waals surface area contributed by atoms with Crippen molar-refractivity contribution in [2.75, 3.05) is 6.61 Å². The fraction of sp³-hybridized carbons (Fsp3) is 0.438. The first-order valence-corrected chi connectivity index (χ1v) is 7.14. The number of aliphatic hydroxyl groups excluding tert-OH is 2. The van der Waals surface area contributed by atoms with Crippen LogP contribution >= 0.6 is 0 Å². The van der Waals surface area contributed by atoms with E-state index in [0.29, 0.717) is 6.61 Å². The largest absolute Gasteiger partial charge is 0.388 e. The average molecular weight is 288 g/mol. The predicted octanol–water partition coefficient (Wildman–Crippen LogP) is 1.28. The van der Waals surface area contributed by atoms with Gasteiger partial charge >= 0.3 is 0 Å². The van der Waals surface area contributed by atoms with Crippen LogP contribution in [-0.4, -0.2) is 32.7 Å². The molecule has 1 aliphatic rings. The minimum absolute atomic E-state index is 0.0607. The van der Waals surface area contributed by atoms with Crippen LogP contribution in [0.25, 0.3) is 0 Å². The number of nitrogens with zero attached hydrogens (tertiary/aromatic N) is 2. The molecule has 0 saturated carbocycles. The van der Waals surface area contributed by atoms with Gasteiger partial charge in [-0.3, -0.25) is 0 Å². The highest BCUT2D eigenvalue weighted by Crippen LogP contribution is 2.38. The van der Waals surface area contributed by atoms with Crippen LogP contribution < -0.4 is 0 Å². The quantitative estimate of drug-likeness (QED) is 0.889. The van der Waals surface area contributed by atoms with Gasteiger partial charge in [0.25, 0.3) is 0 Å². The zero-order valence-corrected chi connectivity index (χ0v) is 12.0. The van der Waals surface area contributed by atoms with Gasteiger partial charge < -0.3 is 19.5 Å². The van der Waals surface area contributed by atoms with Gasteiger partial charge in [-0.05, 0) is 17.9 Å². The minimum atomic E-state index is -0.932. The zero-order valence-electron chi connectivity index (χ0n) is 12.0. The van der Waals surface area contributed by atoms with Gasteiger partial charge in [0.05, 0.1) is 19.0 Å². The molecule has 0 aliphatic carbocycles. The van der Waals surface area contributed by atoms with Gasteiger partial charge in [-0.15, -0.1) is 0 Å². The Hall–Kier alpha value is -1.69. The first-order chi connectivity index (χ1) is 10.2. The number of aliphatic hydroxyl groups is 2. The molecule has 2 aromatic rings. The van der Waals surface area contributed by atoms with Crippen molar-refractivity contribution in [1.29, 1.82) is 0 Å². The molecule has 4 atom stereocenters. The van der Waals surface area contributed by atoms with Gasteiger partial charge in [0.15, 0.2) is 6.29 Å². The van der Waals surface area contributed by atoms with E-state index in [1.165, 1.54) is 0 Å². The Labute approximate surface area is 123 Å². The van der Waals surface area contributed by atoms with Gasteiger partial charge in [0.1, 0.15) is 0 Å². The number of benzene rings is 1. The van der Waals surface area contributed by atoms with E-state index >= 15 is 0 Å². The molecule has 112 valence electrons. The Kier molecular flexibility index (Phi) is 4.05. The Bertz CT molecular complexity index is 584. The van der Waals surface area contributed by atoms with Gasteiger partial charge in [0.2, 0.25) is 0 Å². The number of rotatable bonds is 4. The second-order valence-corrected chi connectivity index (χ2v) is 5.62. The number of ether oxygens (including phenoxy) is 1. The molecule has 1 aliphatic heterocycles. The first-order valence-electron chi connectivity index (χ1n) is 7.14. The molecule has 3 unspecified atom stereocenters. The van der Waals surface area contributed by atoms with Crippen molar-refractivity contribution in [3.63, 3.8) is 0 Å². The SMILES string of the molecule is Cn1cncc1CC1COC(O)C1[C@@H](O)c1ccccc1. The van der Waals surface area contributed by atoms with Crippen molar-refractivity contribution in [1.82, 2.24) is 9.55 Å². The summed E-state index contributed by atoms with van der Waals surface area (Å²) in [6.45, 7) is 0.445. The molecule has 21 heavy (non-hydrogen) atoms. The Balaban J connectivity index is 1.79. The van der Waals surface area contributed by atoms with Crippen LogP contribution in [-0.2, 0) is 18.2 Å². The van der Waals surface area contributed by atoms with E-state index in [-0.39, 0.29) is 11.8 Å². The molecule has 5 heteroatoms. The number of hydrogen-bond donors (Lipinski definition) is 2. The third-order valence-electron chi connectivity index (χ3n) is 4.25. The average Bonchev–Trinajstić information content (AvgIpc) is 3.06. The summed E-state index contributed by atoms with van der Waals surface area (Å²) in [7, 11) is 1.94. The summed E-state index contributed by atoms with van der Waals surface area (Å²) < 4.78 is 7.33. The molecule has 3 rings (SSSR count). The highest BCUT2D eigenvalue weighted by Gasteiger charge is 2.41. The lowest BCUT2D eigenvalue weighted by Gasteiger charge is -2.25. The summed E-state index contributed by atoms with van der Waals surface area (Å²) in [5, 5.41) is 20.7. The number of hydrogen-bond acceptors (Lipinski definition) is 4. The molecular formula is C16H20N2O3. The molecule has 1 fully saturated rings. The number of imidazole rings is 1. The monoisotopic (exact) mass is 288 g/mol. The van der Waals surface area contributed by atoms with Crippen molar-refractivity contribution < 1.29 is 14.9 Å². The fourth-order valence-corrected chi connectivity index (χ4v) is 3.01. The number of aromatic nitrogens is 2. The van der Waals surface area contributed by atoms with Crippen molar-refractivity contribution in [2.45, 2.75) is 18.8 Å². The molecular weight excluding hydrogens is 268 g/mol. The van der Waals surface area contributed by atoms with Crippen LogP contribution in [0.15, 0.2) is 42.9 Å². The first kappa shape index (κ1) is 14.3. The molecule has 1 saturated heterocycles. The van der Waals surface area contributed by atoms with Crippen molar-refractivity contribution >= 4 is 0 Å². The van der Waals surface area contributed by atoms with Crippen molar-refractivity contribution in [2.24, 2.45) is 18.9 Å². The van der Waals surface area contributed by atoms with E-state index in [1.807, 2.05) is 48.1 Å². The highest BCUT2D eigenvalue weighted by atomic mass is 16.6. The van der Waals surface area contributed by atoms with Gasteiger partial charge in [0, 0.05) is 24.9 Å². The Morgan fingerprint density at radius 3 is 2.81 bits per heavy atom. The molecule has 2 heterocycles. The molecule has 0 bridgehead atoms. The molecule has 5 nitrogen and oxygen atoms in total. The fourth-order valence-electron chi connectivity index (χ4n) is 3.01. The Morgan fingerprint density at radius 1 is 1.38 bits per heavy atom. The maximum atomic E-state index is 10.6. The van der Waals surface area contributed by atoms with Crippen molar-refractivity contribution in [3.05, 3.63) is 54.1 Å². The highest BCUT2D eigenvalue weighted by molar-refractivity contribution is 5.19. The summed E-state index contributed by atoms with van der Waals surface area (Å²) in [5.74, 6) is -0.270. The summed E-state index contributed by atoms with van der Waals surface area (Å²) in [4.78, 5) is 4.11. The van der Waals surface area contributed by atoms with Gasteiger partial charge in [-0.2, -0.15) is 0 Å². The second kappa shape index (κ2) is 5.97. The van der Waals surface area contributed by atoms with E-state index in [2.05, 4.69) is 4.98 Å². The Morgan fingerprint density at radius 2 is 2.14 bits per heavy atom. The van der Waals surface area contributed by atoms with Crippen LogP contribution in [0, 0.1) is 11.8 Å². The lowest BCUT2D eigenvalue weighted by atomic mass is 9.83. The zero-order chi connectivity index (χ0) is 14.8. The van der Waals surface area contributed by atoms with E-state index < -0.39 is 12.4 Å². The molecule has 0 radical (unpaired) electrons. The second-order valence-electron chi connectivity index (χ2n) is 5.62. The normalized spacial score (nSPS) is 26.9. The van der Waals surface area contributed by atoms with E-state index in [0.717, 1.165) is 17.7 Å². The van der Waals surface area contributed by atoms with Crippen LogP contribution in [0.3, 0.4) is 0 Å². The lowest BCUT2D eigenvalue weighted by Crippen LogP contribution is -2.28. The standard InChI is InChI=1S/C16H20N2O3/c1-18-10-17-8-13(18)7-12-9-21-16(20)14(12)15(19)11-5-3-2-4-6-11/h2-6,8,10,12,14-16,19-20H,7,9H2,1H3/t12?,14?,15-,16?/m0/s1. The van der Waals surface area contributed by atoms with Crippen LogP contribution in [0.2, 0.25) is 0 Å². The molecule has 1 aromatic heterocycles. The van der Waals surface area contributed by atoms with E-state index in [9.17, 15) is 10.2 Å². The molecule has 0 amide bonds. The predicted molar refractivity (Wildman–Crippen MR) is 77.3 cm³/mol. The minimum Gasteiger partial charge on any atom is -0.388 e.